The minimum atomic E-state index is -0.840. The lowest BCUT2D eigenvalue weighted by Crippen LogP contribution is -2.14. The molecular weight excluding hydrogens is 526 g/mol. The molecule has 6 nitrogen and oxygen atoms in total. The van der Waals surface area contributed by atoms with Crippen LogP contribution in [-0.4, -0.2) is 46.4 Å². The summed E-state index contributed by atoms with van der Waals surface area (Å²) in [7, 11) is 4.07. The Hall–Kier alpha value is -2.97. The third-order valence-electron chi connectivity index (χ3n) is 5.48. The second-order valence-electron chi connectivity index (χ2n) is 8.33. The van der Waals surface area contributed by atoms with Crippen LogP contribution in [0.25, 0.3) is 22.3 Å². The van der Waals surface area contributed by atoms with Gasteiger partial charge in [-0.1, -0.05) is 23.7 Å². The zero-order valence-corrected chi connectivity index (χ0v) is 22.3. The van der Waals surface area contributed by atoms with Gasteiger partial charge >= 0.3 is 0 Å². The first kappa shape index (κ1) is 29.3. The number of aromatic nitrogens is 2. The zero-order chi connectivity index (χ0) is 24.4. The van der Waals surface area contributed by atoms with Crippen molar-refractivity contribution in [3.63, 3.8) is 0 Å². The van der Waals surface area contributed by atoms with E-state index in [4.69, 9.17) is 11.6 Å². The highest BCUT2D eigenvalue weighted by molar-refractivity contribution is 6.32. The Kier molecular flexibility index (Phi) is 10.0. The Bertz CT molecular complexity index is 1360. The van der Waals surface area contributed by atoms with E-state index in [1.54, 1.807) is 12.1 Å². The molecule has 0 aliphatic rings. The molecule has 0 saturated heterocycles. The molecule has 10 heteroatoms. The topological polar surface area (TPSA) is 78.3 Å². The van der Waals surface area contributed by atoms with Crippen LogP contribution in [0.2, 0.25) is 5.02 Å². The van der Waals surface area contributed by atoms with Crippen molar-refractivity contribution in [3.05, 3.63) is 76.7 Å². The number of nitrogens with zero attached hydrogens (tertiary/aromatic N) is 3. The van der Waals surface area contributed by atoms with Crippen molar-refractivity contribution in [1.82, 2.24) is 14.9 Å². The number of anilines is 2. The average Bonchev–Trinajstić information content (AvgIpc) is 2.81. The number of benzene rings is 2. The number of phenolic OH excluding ortho intramolecular Hbond substituents is 1. The van der Waals surface area contributed by atoms with Crippen molar-refractivity contribution >= 4 is 64.6 Å². The van der Waals surface area contributed by atoms with E-state index < -0.39 is 11.6 Å². The molecule has 2 heterocycles. The highest BCUT2D eigenvalue weighted by Gasteiger charge is 2.16. The molecule has 0 saturated carbocycles. The van der Waals surface area contributed by atoms with Crippen LogP contribution in [0.4, 0.5) is 15.8 Å². The molecule has 0 aliphatic carbocycles. The fraction of sp³-hybridized carbons (Fsp3) is 0.192. The van der Waals surface area contributed by atoms with Crippen LogP contribution in [0.5, 0.6) is 5.75 Å². The van der Waals surface area contributed by atoms with Crippen molar-refractivity contribution in [1.29, 1.82) is 0 Å². The number of Topliss-reactive ketones (excluding diaryl/α,β-unsaturated/α-hetero) is 1. The lowest BCUT2D eigenvalue weighted by molar-refractivity contribution is 0.101. The van der Waals surface area contributed by atoms with E-state index >= 15 is 0 Å². The van der Waals surface area contributed by atoms with Crippen molar-refractivity contribution in [3.8, 4) is 17.0 Å². The molecular formula is C26H26Cl3FN4O2. The molecule has 0 bridgehead atoms. The molecule has 4 aromatic rings. The van der Waals surface area contributed by atoms with E-state index in [-0.39, 0.29) is 35.6 Å². The summed E-state index contributed by atoms with van der Waals surface area (Å²) in [6.45, 7) is 2.42. The SMILES string of the molecule is CC(=O)c1cnc2ccc(-c3cc(F)c(O)c(Cl)c3)nc2c1Nc1ccc(CCN(C)C)cc1.Cl.Cl. The van der Waals surface area contributed by atoms with Gasteiger partial charge in [0.1, 0.15) is 5.52 Å². The van der Waals surface area contributed by atoms with Crippen LogP contribution in [0, 0.1) is 5.82 Å². The zero-order valence-electron chi connectivity index (χ0n) is 19.9. The molecule has 0 unspecified atom stereocenters. The number of aromatic hydroxyl groups is 1. The van der Waals surface area contributed by atoms with Crippen molar-refractivity contribution in [2.24, 2.45) is 0 Å². The van der Waals surface area contributed by atoms with Gasteiger partial charge in [-0.05, 0) is 69.4 Å². The van der Waals surface area contributed by atoms with Crippen LogP contribution in [0.15, 0.2) is 54.7 Å². The Morgan fingerprint density at radius 1 is 1.11 bits per heavy atom. The van der Waals surface area contributed by atoms with Crippen LogP contribution >= 0.6 is 36.4 Å². The predicted octanol–water partition coefficient (Wildman–Crippen LogP) is 6.69. The number of fused-ring (bicyclic) bond motifs is 1. The summed E-state index contributed by atoms with van der Waals surface area (Å²) in [5, 5.41) is 12.9. The van der Waals surface area contributed by atoms with Gasteiger partial charge in [-0.3, -0.25) is 9.78 Å². The van der Waals surface area contributed by atoms with Gasteiger partial charge in [-0.15, -0.1) is 24.8 Å². The largest absolute Gasteiger partial charge is 0.504 e. The smallest absolute Gasteiger partial charge is 0.170 e. The number of likely N-dealkylation sites (N-methyl/N-ethyl adjacent to an activating group) is 1. The van der Waals surface area contributed by atoms with E-state index in [0.29, 0.717) is 33.5 Å². The summed E-state index contributed by atoms with van der Waals surface area (Å²) < 4.78 is 14.1. The lowest BCUT2D eigenvalue weighted by Gasteiger charge is -2.15. The lowest BCUT2D eigenvalue weighted by atomic mass is 10.1. The quantitative estimate of drug-likeness (QED) is 0.249. The van der Waals surface area contributed by atoms with Gasteiger partial charge < -0.3 is 15.3 Å². The monoisotopic (exact) mass is 550 g/mol. The van der Waals surface area contributed by atoms with Crippen LogP contribution < -0.4 is 5.32 Å². The minimum Gasteiger partial charge on any atom is -0.504 e. The number of nitrogens with one attached hydrogen (secondary N) is 1. The fourth-order valence-electron chi connectivity index (χ4n) is 3.59. The van der Waals surface area contributed by atoms with Gasteiger partial charge in [0.15, 0.2) is 17.3 Å². The van der Waals surface area contributed by atoms with Crippen LogP contribution in [0.1, 0.15) is 22.8 Å². The molecule has 36 heavy (non-hydrogen) atoms. The second-order valence-corrected chi connectivity index (χ2v) is 8.74. The number of carbonyl (C=O) groups excluding carboxylic acids is 1. The first-order valence-electron chi connectivity index (χ1n) is 10.7. The summed E-state index contributed by atoms with van der Waals surface area (Å²) in [4.78, 5) is 23.6. The van der Waals surface area contributed by atoms with E-state index in [1.165, 1.54) is 24.8 Å². The molecule has 190 valence electrons. The van der Waals surface area contributed by atoms with E-state index in [9.17, 15) is 14.3 Å². The number of hydrogen-bond acceptors (Lipinski definition) is 6. The van der Waals surface area contributed by atoms with Crippen molar-refractivity contribution < 1.29 is 14.3 Å². The first-order valence-corrected chi connectivity index (χ1v) is 11.1. The second kappa shape index (κ2) is 12.3. The van der Waals surface area contributed by atoms with Gasteiger partial charge in [0.05, 0.1) is 27.5 Å². The molecule has 2 N–H and O–H groups in total. The third kappa shape index (κ3) is 6.42. The Morgan fingerprint density at radius 3 is 2.42 bits per heavy atom. The van der Waals surface area contributed by atoms with Crippen molar-refractivity contribution in [2.75, 3.05) is 26.0 Å². The number of pyridine rings is 2. The normalized spacial score (nSPS) is 10.6. The molecule has 0 atom stereocenters. The maximum Gasteiger partial charge on any atom is 0.170 e. The van der Waals surface area contributed by atoms with E-state index in [2.05, 4.69) is 20.2 Å². The van der Waals surface area contributed by atoms with Gasteiger partial charge in [0, 0.05) is 24.0 Å². The number of rotatable bonds is 7. The highest BCUT2D eigenvalue weighted by Crippen LogP contribution is 2.34. The average molecular weight is 552 g/mol. The standard InChI is InChI=1S/C26H24ClFN4O2.2ClH/c1-15(33)19-14-29-23-9-8-22(17-12-20(27)26(34)21(28)13-17)31-25(23)24(19)30-18-6-4-16(5-7-18)10-11-32(2)3;;/h4-9,12-14,34H,10-11H2,1-3H3,(H,29,30);2*1H. The van der Waals surface area contributed by atoms with E-state index in [0.717, 1.165) is 24.7 Å². The van der Waals surface area contributed by atoms with Crippen LogP contribution in [-0.2, 0) is 6.42 Å². The fourth-order valence-corrected chi connectivity index (χ4v) is 3.79. The Labute approximate surface area is 226 Å². The highest BCUT2D eigenvalue weighted by atomic mass is 35.5. The predicted molar refractivity (Wildman–Crippen MR) is 148 cm³/mol. The number of halogens is 4. The maximum atomic E-state index is 14.1. The number of ketones is 1. The molecule has 4 rings (SSSR count). The van der Waals surface area contributed by atoms with E-state index in [1.807, 2.05) is 38.4 Å². The summed E-state index contributed by atoms with van der Waals surface area (Å²) in [6, 6.07) is 14.0. The van der Waals surface area contributed by atoms with Crippen molar-refractivity contribution in [2.45, 2.75) is 13.3 Å². The number of phenols is 1. The Morgan fingerprint density at radius 2 is 1.81 bits per heavy atom. The van der Waals surface area contributed by atoms with Crippen LogP contribution in [0.3, 0.4) is 0 Å². The third-order valence-corrected chi connectivity index (χ3v) is 5.76. The number of hydrogen-bond donors (Lipinski definition) is 2. The maximum absolute atomic E-state index is 14.1. The molecule has 0 amide bonds. The van der Waals surface area contributed by atoms with Gasteiger partial charge in [0.2, 0.25) is 0 Å². The van der Waals surface area contributed by atoms with Gasteiger partial charge in [-0.25, -0.2) is 9.37 Å². The summed E-state index contributed by atoms with van der Waals surface area (Å²) in [6.07, 6.45) is 2.46. The molecule has 0 radical (unpaired) electrons. The number of carbonyl (C=O) groups is 1. The summed E-state index contributed by atoms with van der Waals surface area (Å²) in [5.74, 6) is -1.61. The van der Waals surface area contributed by atoms with Gasteiger partial charge in [0.25, 0.3) is 0 Å². The first-order chi connectivity index (χ1) is 16.2. The molecule has 0 fully saturated rings. The molecule has 0 spiro atoms. The van der Waals surface area contributed by atoms with Gasteiger partial charge in [-0.2, -0.15) is 0 Å². The molecule has 2 aromatic heterocycles. The molecule has 2 aromatic carbocycles. The molecule has 0 aliphatic heterocycles. The summed E-state index contributed by atoms with van der Waals surface area (Å²) in [5.41, 5.74) is 4.78. The summed E-state index contributed by atoms with van der Waals surface area (Å²) >= 11 is 5.96. The minimum absolute atomic E-state index is 0. The Balaban J connectivity index is 0.00000228.